The van der Waals surface area contributed by atoms with Crippen molar-refractivity contribution >= 4 is 34.0 Å². The van der Waals surface area contributed by atoms with E-state index in [1.54, 1.807) is 0 Å². The Balaban J connectivity index is 1.46. The molecule has 2 aliphatic carbocycles. The molecule has 136 valence electrons. The number of hydrogen-bond donors (Lipinski definition) is 1. The molecule has 0 radical (unpaired) electrons. The van der Waals surface area contributed by atoms with E-state index >= 15 is 0 Å². The zero-order chi connectivity index (χ0) is 18.8. The number of carbonyl (C=O) groups is 1. The lowest BCUT2D eigenvalue weighted by molar-refractivity contribution is -0.113. The van der Waals surface area contributed by atoms with Crippen LogP contribution in [0.2, 0.25) is 0 Å². The Hall–Kier alpha value is -2.35. The molecule has 0 aliphatic heterocycles. The molecule has 1 N–H and O–H groups in total. The van der Waals surface area contributed by atoms with Crippen LogP contribution in [-0.4, -0.2) is 16.6 Å². The van der Waals surface area contributed by atoms with E-state index in [1.165, 1.54) is 33.5 Å². The number of thiophene rings is 1. The van der Waals surface area contributed by atoms with Crippen LogP contribution in [0.25, 0.3) is 0 Å². The maximum Gasteiger partial charge on any atom is 0.235 e. The first-order chi connectivity index (χ1) is 13.2. The first-order valence-electron chi connectivity index (χ1n) is 9.09. The SMILES string of the molecule is N#Cc1cc2c(nc1SCC(=O)Nc1sc3c(c1C#N)CCC3)CCCC2. The molecule has 2 aromatic rings. The van der Waals surface area contributed by atoms with Crippen LogP contribution in [0.3, 0.4) is 0 Å². The number of aryl methyl sites for hydroxylation is 3. The lowest BCUT2D eigenvalue weighted by Gasteiger charge is -2.16. The molecule has 0 saturated carbocycles. The number of fused-ring (bicyclic) bond motifs is 2. The number of carbonyl (C=O) groups excluding carboxylic acids is 1. The van der Waals surface area contributed by atoms with E-state index < -0.39 is 0 Å². The van der Waals surface area contributed by atoms with E-state index in [9.17, 15) is 15.3 Å². The predicted molar refractivity (Wildman–Crippen MR) is 106 cm³/mol. The molecule has 27 heavy (non-hydrogen) atoms. The minimum absolute atomic E-state index is 0.167. The molecule has 4 rings (SSSR count). The number of nitrogens with one attached hydrogen (secondary N) is 1. The molecule has 2 heterocycles. The van der Waals surface area contributed by atoms with Crippen LogP contribution in [0.4, 0.5) is 5.00 Å². The van der Waals surface area contributed by atoms with Gasteiger partial charge in [-0.3, -0.25) is 4.79 Å². The summed E-state index contributed by atoms with van der Waals surface area (Å²) in [5.41, 5.74) is 4.49. The highest BCUT2D eigenvalue weighted by Gasteiger charge is 2.23. The van der Waals surface area contributed by atoms with Crippen LogP contribution >= 0.6 is 23.1 Å². The van der Waals surface area contributed by atoms with Crippen LogP contribution in [-0.2, 0) is 30.5 Å². The van der Waals surface area contributed by atoms with Crippen LogP contribution in [0.5, 0.6) is 0 Å². The Morgan fingerprint density at radius 2 is 2.04 bits per heavy atom. The molecule has 7 heteroatoms. The maximum atomic E-state index is 12.4. The van der Waals surface area contributed by atoms with Crippen molar-refractivity contribution in [2.24, 2.45) is 0 Å². The Morgan fingerprint density at radius 1 is 1.19 bits per heavy atom. The summed E-state index contributed by atoms with van der Waals surface area (Å²) in [5.74, 6) is 0.00769. The molecule has 0 unspecified atom stereocenters. The third kappa shape index (κ3) is 3.58. The lowest BCUT2D eigenvalue weighted by Crippen LogP contribution is -2.15. The van der Waals surface area contributed by atoms with E-state index in [0.717, 1.165) is 56.2 Å². The summed E-state index contributed by atoms with van der Waals surface area (Å²) in [6.45, 7) is 0. The Labute approximate surface area is 166 Å². The van der Waals surface area contributed by atoms with Gasteiger partial charge in [0.25, 0.3) is 0 Å². The quantitative estimate of drug-likeness (QED) is 0.792. The summed E-state index contributed by atoms with van der Waals surface area (Å²) in [4.78, 5) is 18.3. The number of amides is 1. The second-order valence-corrected chi connectivity index (χ2v) is 8.85. The molecule has 0 spiro atoms. The molecule has 2 aliphatic rings. The fourth-order valence-electron chi connectivity index (χ4n) is 3.71. The molecule has 0 aromatic carbocycles. The number of anilines is 1. The van der Waals surface area contributed by atoms with E-state index in [0.29, 0.717) is 21.2 Å². The largest absolute Gasteiger partial charge is 0.316 e. The van der Waals surface area contributed by atoms with Crippen molar-refractivity contribution in [2.75, 3.05) is 11.1 Å². The summed E-state index contributed by atoms with van der Waals surface area (Å²) < 4.78 is 0. The topological polar surface area (TPSA) is 89.6 Å². The third-order valence-electron chi connectivity index (χ3n) is 5.01. The van der Waals surface area contributed by atoms with Crippen molar-refractivity contribution < 1.29 is 4.79 Å². The van der Waals surface area contributed by atoms with Gasteiger partial charge in [-0.2, -0.15) is 10.5 Å². The molecular formula is C20H18N4OS2. The molecule has 0 fully saturated rings. The second-order valence-electron chi connectivity index (χ2n) is 6.78. The average molecular weight is 395 g/mol. The van der Waals surface area contributed by atoms with Crippen molar-refractivity contribution in [3.8, 4) is 12.1 Å². The summed E-state index contributed by atoms with van der Waals surface area (Å²) in [5, 5.41) is 23.0. The second kappa shape index (κ2) is 7.72. The van der Waals surface area contributed by atoms with Gasteiger partial charge in [0.15, 0.2) is 0 Å². The van der Waals surface area contributed by atoms with Crippen LogP contribution < -0.4 is 5.32 Å². The number of thioether (sulfide) groups is 1. The highest BCUT2D eigenvalue weighted by Crippen LogP contribution is 2.38. The highest BCUT2D eigenvalue weighted by molar-refractivity contribution is 8.00. The van der Waals surface area contributed by atoms with Gasteiger partial charge in [0.05, 0.1) is 16.9 Å². The molecule has 0 saturated heterocycles. The van der Waals surface area contributed by atoms with Crippen molar-refractivity contribution in [3.63, 3.8) is 0 Å². The van der Waals surface area contributed by atoms with Gasteiger partial charge >= 0.3 is 0 Å². The normalized spacial score (nSPS) is 14.7. The Bertz CT molecular complexity index is 997. The Kier molecular flexibility index (Phi) is 5.15. The standard InChI is InChI=1S/C20H18N4OS2/c21-9-13-8-12-4-1-2-6-16(12)23-19(13)26-11-18(25)24-20-15(10-22)14-5-3-7-17(14)27-20/h8H,1-7,11H2,(H,24,25). The third-order valence-corrected chi connectivity index (χ3v) is 7.21. The van der Waals surface area contributed by atoms with Gasteiger partial charge < -0.3 is 5.32 Å². The molecule has 0 atom stereocenters. The van der Waals surface area contributed by atoms with Crippen molar-refractivity contribution in [3.05, 3.63) is 38.9 Å². The molecular weight excluding hydrogens is 376 g/mol. The summed E-state index contributed by atoms with van der Waals surface area (Å²) >= 11 is 2.81. The number of nitriles is 2. The monoisotopic (exact) mass is 394 g/mol. The first kappa shape index (κ1) is 18.0. The van der Waals surface area contributed by atoms with E-state index in [1.807, 2.05) is 6.07 Å². The molecule has 0 bridgehead atoms. The van der Waals surface area contributed by atoms with E-state index in [4.69, 9.17) is 0 Å². The van der Waals surface area contributed by atoms with Gasteiger partial charge in [-0.25, -0.2) is 4.98 Å². The number of pyridine rings is 1. The molecule has 5 nitrogen and oxygen atoms in total. The first-order valence-corrected chi connectivity index (χ1v) is 10.9. The van der Waals surface area contributed by atoms with Crippen molar-refractivity contribution in [1.29, 1.82) is 10.5 Å². The molecule has 2 aromatic heterocycles. The summed E-state index contributed by atoms with van der Waals surface area (Å²) in [6, 6.07) is 6.38. The smallest absolute Gasteiger partial charge is 0.235 e. The highest BCUT2D eigenvalue weighted by atomic mass is 32.2. The van der Waals surface area contributed by atoms with Gasteiger partial charge in [0, 0.05) is 10.6 Å². The van der Waals surface area contributed by atoms with Crippen LogP contribution in [0, 0.1) is 22.7 Å². The average Bonchev–Trinajstić information content (AvgIpc) is 3.26. The fraction of sp³-hybridized carbons (Fsp3) is 0.400. The van der Waals surface area contributed by atoms with Gasteiger partial charge in [0.2, 0.25) is 5.91 Å². The van der Waals surface area contributed by atoms with E-state index in [-0.39, 0.29) is 11.7 Å². The lowest BCUT2D eigenvalue weighted by atomic mass is 9.95. The van der Waals surface area contributed by atoms with Crippen molar-refractivity contribution in [2.45, 2.75) is 50.0 Å². The van der Waals surface area contributed by atoms with Gasteiger partial charge in [-0.15, -0.1) is 11.3 Å². The van der Waals surface area contributed by atoms with E-state index in [2.05, 4.69) is 22.4 Å². The Morgan fingerprint density at radius 3 is 2.85 bits per heavy atom. The zero-order valence-corrected chi connectivity index (χ0v) is 16.4. The number of rotatable bonds is 4. The van der Waals surface area contributed by atoms with Gasteiger partial charge in [-0.05, 0) is 62.1 Å². The van der Waals surface area contributed by atoms with Crippen LogP contribution in [0.15, 0.2) is 11.1 Å². The minimum atomic E-state index is -0.167. The van der Waals surface area contributed by atoms with Crippen LogP contribution in [0.1, 0.15) is 52.1 Å². The molecule has 1 amide bonds. The zero-order valence-electron chi connectivity index (χ0n) is 14.8. The summed E-state index contributed by atoms with van der Waals surface area (Å²) in [7, 11) is 0. The van der Waals surface area contributed by atoms with Gasteiger partial charge in [0.1, 0.15) is 22.2 Å². The van der Waals surface area contributed by atoms with Gasteiger partial charge in [-0.1, -0.05) is 11.8 Å². The number of hydrogen-bond acceptors (Lipinski definition) is 6. The number of nitrogens with zero attached hydrogens (tertiary/aromatic N) is 3. The van der Waals surface area contributed by atoms with Crippen molar-refractivity contribution in [1.82, 2.24) is 4.98 Å². The predicted octanol–water partition coefficient (Wildman–Crippen LogP) is 3.98. The number of aromatic nitrogens is 1. The summed E-state index contributed by atoms with van der Waals surface area (Å²) in [6.07, 6.45) is 7.17. The minimum Gasteiger partial charge on any atom is -0.316 e. The maximum absolute atomic E-state index is 12.4. The fourth-order valence-corrected chi connectivity index (χ4v) is 5.74.